The number of anilines is 1. The van der Waals surface area contributed by atoms with Gasteiger partial charge < -0.3 is 15.0 Å². The first-order valence-corrected chi connectivity index (χ1v) is 12.6. The Morgan fingerprint density at radius 1 is 1.03 bits per heavy atom. The van der Waals surface area contributed by atoms with Gasteiger partial charge in [-0.05, 0) is 35.7 Å². The second kappa shape index (κ2) is 12.4. The maximum absolute atomic E-state index is 13.2. The first-order valence-electron chi connectivity index (χ1n) is 12.6. The van der Waals surface area contributed by atoms with E-state index in [4.69, 9.17) is 4.74 Å². The predicted molar refractivity (Wildman–Crippen MR) is 138 cm³/mol. The number of ether oxygens (including phenoxy) is 1. The van der Waals surface area contributed by atoms with Gasteiger partial charge in [-0.3, -0.25) is 9.69 Å². The molecule has 1 saturated heterocycles. The molecule has 1 aliphatic heterocycles. The van der Waals surface area contributed by atoms with Crippen LogP contribution in [0.3, 0.4) is 0 Å². The number of halogens is 4. The summed E-state index contributed by atoms with van der Waals surface area (Å²) in [4.78, 5) is 29.7. The highest BCUT2D eigenvalue weighted by Gasteiger charge is 2.29. The molecule has 0 radical (unpaired) electrons. The number of nitrogens with one attached hydrogen (secondary N) is 1. The zero-order valence-electron chi connectivity index (χ0n) is 21.7. The van der Waals surface area contributed by atoms with E-state index in [1.165, 1.54) is 12.1 Å². The number of aromatic nitrogens is 3. The number of alkyl halides is 3. The van der Waals surface area contributed by atoms with E-state index in [-0.39, 0.29) is 24.2 Å². The molecule has 1 aliphatic rings. The summed E-state index contributed by atoms with van der Waals surface area (Å²) in [5.41, 5.74) is 1.55. The van der Waals surface area contributed by atoms with Crippen LogP contribution >= 0.6 is 0 Å². The third-order valence-electron chi connectivity index (χ3n) is 5.99. The van der Waals surface area contributed by atoms with Crippen molar-refractivity contribution < 1.29 is 27.1 Å². The molecule has 1 N–H and O–H groups in total. The monoisotopic (exact) mass is 546 g/mol. The summed E-state index contributed by atoms with van der Waals surface area (Å²) in [6, 6.07) is 11.8. The first kappa shape index (κ1) is 28.2. The van der Waals surface area contributed by atoms with Crippen LogP contribution in [-0.2, 0) is 6.54 Å². The molecule has 0 unspecified atom stereocenters. The summed E-state index contributed by atoms with van der Waals surface area (Å²) in [7, 11) is 0. The van der Waals surface area contributed by atoms with Gasteiger partial charge in [0.2, 0.25) is 5.95 Å². The lowest BCUT2D eigenvalue weighted by atomic mass is 10.1. The van der Waals surface area contributed by atoms with Gasteiger partial charge in [0.05, 0.1) is 0 Å². The van der Waals surface area contributed by atoms with Crippen LogP contribution < -0.4 is 10.1 Å². The summed E-state index contributed by atoms with van der Waals surface area (Å²) >= 11 is 0. The third-order valence-corrected chi connectivity index (χ3v) is 5.99. The van der Waals surface area contributed by atoms with E-state index in [9.17, 15) is 22.4 Å². The normalized spacial score (nSPS) is 14.5. The number of amides is 1. The average Bonchev–Trinajstić information content (AvgIpc) is 2.91. The Morgan fingerprint density at radius 2 is 1.74 bits per heavy atom. The van der Waals surface area contributed by atoms with Gasteiger partial charge in [0, 0.05) is 50.4 Å². The van der Waals surface area contributed by atoms with Crippen LogP contribution in [0.5, 0.6) is 6.01 Å². The Kier molecular flexibility index (Phi) is 8.95. The van der Waals surface area contributed by atoms with Crippen molar-refractivity contribution in [2.24, 2.45) is 5.92 Å². The van der Waals surface area contributed by atoms with E-state index >= 15 is 0 Å². The molecule has 0 saturated carbocycles. The van der Waals surface area contributed by atoms with Crippen LogP contribution in [0.1, 0.15) is 29.8 Å². The van der Waals surface area contributed by atoms with Crippen LogP contribution in [0.15, 0.2) is 48.5 Å². The van der Waals surface area contributed by atoms with E-state index in [2.05, 4.69) is 39.0 Å². The lowest BCUT2D eigenvalue weighted by Gasteiger charge is -2.35. The van der Waals surface area contributed by atoms with Crippen LogP contribution in [0.4, 0.5) is 23.5 Å². The molecule has 0 aliphatic carbocycles. The lowest BCUT2D eigenvalue weighted by molar-refractivity contribution is -0.154. The summed E-state index contributed by atoms with van der Waals surface area (Å²) in [5.74, 6) is 0.0262. The van der Waals surface area contributed by atoms with Gasteiger partial charge in [-0.2, -0.15) is 28.1 Å². The quantitative estimate of drug-likeness (QED) is 0.392. The van der Waals surface area contributed by atoms with Crippen LogP contribution in [-0.4, -0.2) is 76.2 Å². The minimum Gasteiger partial charge on any atom is -0.454 e. The van der Waals surface area contributed by atoms with E-state index < -0.39 is 24.6 Å². The molecule has 1 amide bonds. The number of rotatable bonds is 9. The van der Waals surface area contributed by atoms with Crippen molar-refractivity contribution in [3.05, 3.63) is 65.5 Å². The lowest BCUT2D eigenvalue weighted by Crippen LogP contribution is -2.49. The zero-order chi connectivity index (χ0) is 28.0. The van der Waals surface area contributed by atoms with Crippen molar-refractivity contribution in [2.75, 3.05) is 44.6 Å². The van der Waals surface area contributed by atoms with Crippen molar-refractivity contribution in [1.82, 2.24) is 24.8 Å². The molecule has 0 atom stereocenters. The standard InChI is InChI=1S/C27H30F4N6O2/c1-18(2)16-36-10-12-37(13-11-36)24(38)21-5-3-4-20(14-21)23-33-25(32-15-19-6-8-22(28)9-7-19)35-26(34-23)39-17-27(29,30)31/h3-9,14,18H,10-13,15-17H2,1-2H3,(H,32,33,34,35). The average molecular weight is 547 g/mol. The molecule has 0 bridgehead atoms. The second-order valence-electron chi connectivity index (χ2n) is 9.72. The van der Waals surface area contributed by atoms with Crippen molar-refractivity contribution >= 4 is 11.9 Å². The number of hydrogen-bond donors (Lipinski definition) is 1. The van der Waals surface area contributed by atoms with Crippen LogP contribution in [0.25, 0.3) is 11.4 Å². The maximum Gasteiger partial charge on any atom is 0.422 e. The second-order valence-corrected chi connectivity index (χ2v) is 9.72. The Balaban J connectivity index is 1.53. The zero-order valence-corrected chi connectivity index (χ0v) is 21.7. The minimum atomic E-state index is -4.58. The molecular formula is C27H30F4N6O2. The number of piperazine rings is 1. The van der Waals surface area contributed by atoms with Crippen LogP contribution in [0.2, 0.25) is 0 Å². The van der Waals surface area contributed by atoms with Gasteiger partial charge in [-0.15, -0.1) is 0 Å². The fraction of sp³-hybridized carbons (Fsp3) is 0.407. The summed E-state index contributed by atoms with van der Waals surface area (Å²) in [5, 5.41) is 2.91. The van der Waals surface area contributed by atoms with Crippen LogP contribution in [0, 0.1) is 11.7 Å². The number of carbonyl (C=O) groups excluding carboxylic acids is 1. The number of benzene rings is 2. The Hall–Kier alpha value is -3.80. The third kappa shape index (κ3) is 8.34. The summed E-state index contributed by atoms with van der Waals surface area (Å²) in [6.07, 6.45) is -4.58. The van der Waals surface area contributed by atoms with Crippen molar-refractivity contribution in [3.8, 4) is 17.4 Å². The molecule has 2 heterocycles. The van der Waals surface area contributed by atoms with E-state index in [0.717, 1.165) is 19.6 Å². The van der Waals surface area contributed by atoms with E-state index in [1.54, 1.807) is 41.3 Å². The molecule has 0 spiro atoms. The maximum atomic E-state index is 13.2. The highest BCUT2D eigenvalue weighted by atomic mass is 19.4. The molecule has 4 rings (SSSR count). The molecule has 1 fully saturated rings. The first-order chi connectivity index (χ1) is 18.6. The van der Waals surface area contributed by atoms with Crippen molar-refractivity contribution in [3.63, 3.8) is 0 Å². The molecule has 1 aromatic heterocycles. The van der Waals surface area contributed by atoms with Gasteiger partial charge in [0.1, 0.15) is 5.82 Å². The molecule has 8 nitrogen and oxygen atoms in total. The van der Waals surface area contributed by atoms with Crippen molar-refractivity contribution in [2.45, 2.75) is 26.6 Å². The predicted octanol–water partition coefficient (Wildman–Crippen LogP) is 4.64. The smallest absolute Gasteiger partial charge is 0.422 e. The molecule has 39 heavy (non-hydrogen) atoms. The Morgan fingerprint density at radius 3 is 2.41 bits per heavy atom. The minimum absolute atomic E-state index is 0.0282. The molecule has 208 valence electrons. The Bertz CT molecular complexity index is 1260. The highest BCUT2D eigenvalue weighted by Crippen LogP contribution is 2.23. The number of hydrogen-bond acceptors (Lipinski definition) is 7. The van der Waals surface area contributed by atoms with Gasteiger partial charge in [-0.1, -0.05) is 38.1 Å². The SMILES string of the molecule is CC(C)CN1CCN(C(=O)c2cccc(-c3nc(NCc4ccc(F)cc4)nc(OCC(F)(F)F)n3)c2)CC1. The number of nitrogens with zero attached hydrogens (tertiary/aromatic N) is 5. The summed E-state index contributed by atoms with van der Waals surface area (Å²) < 4.78 is 56.4. The van der Waals surface area contributed by atoms with Gasteiger partial charge in [0.25, 0.3) is 5.91 Å². The molecular weight excluding hydrogens is 516 g/mol. The Labute approximate surface area is 224 Å². The molecule has 2 aromatic carbocycles. The highest BCUT2D eigenvalue weighted by molar-refractivity contribution is 5.95. The fourth-order valence-corrected chi connectivity index (χ4v) is 4.18. The molecule has 12 heteroatoms. The van der Waals surface area contributed by atoms with E-state index in [0.29, 0.717) is 35.7 Å². The van der Waals surface area contributed by atoms with Gasteiger partial charge >= 0.3 is 12.2 Å². The van der Waals surface area contributed by atoms with Crippen molar-refractivity contribution in [1.29, 1.82) is 0 Å². The summed E-state index contributed by atoms with van der Waals surface area (Å²) in [6.45, 7) is 6.70. The van der Waals surface area contributed by atoms with Gasteiger partial charge in [-0.25, -0.2) is 4.39 Å². The van der Waals surface area contributed by atoms with E-state index in [1.807, 2.05) is 0 Å². The molecule has 3 aromatic rings. The fourth-order valence-electron chi connectivity index (χ4n) is 4.18. The largest absolute Gasteiger partial charge is 0.454 e. The topological polar surface area (TPSA) is 83.5 Å². The van der Waals surface area contributed by atoms with Gasteiger partial charge in [0.15, 0.2) is 12.4 Å². The number of carbonyl (C=O) groups is 1.